The van der Waals surface area contributed by atoms with Crippen molar-refractivity contribution >= 4 is 35.1 Å². The van der Waals surface area contributed by atoms with Crippen LogP contribution < -0.4 is 10.0 Å². The van der Waals surface area contributed by atoms with Gasteiger partial charge in [0.05, 0.1) is 17.7 Å². The summed E-state index contributed by atoms with van der Waals surface area (Å²) in [6, 6.07) is 14.9. The van der Waals surface area contributed by atoms with Crippen molar-refractivity contribution in [3.8, 4) is 5.75 Å². The molecule has 0 spiro atoms. The van der Waals surface area contributed by atoms with Crippen molar-refractivity contribution in [3.05, 3.63) is 93.0 Å². The normalized spacial score (nSPS) is 12.8. The number of carbonyl (C=O) groups is 2. The molecule has 3 aromatic rings. The predicted octanol–water partition coefficient (Wildman–Crippen LogP) is 6.25. The van der Waals surface area contributed by atoms with Crippen LogP contribution >= 0.6 is 18.7 Å². The number of hydrogen-bond acceptors (Lipinski definition) is 4. The van der Waals surface area contributed by atoms with Crippen LogP contribution in [-0.2, 0) is 4.57 Å². The Labute approximate surface area is 187 Å². The Bertz CT molecular complexity index is 1210. The van der Waals surface area contributed by atoms with E-state index in [2.05, 4.69) is 0 Å². The van der Waals surface area contributed by atoms with Crippen molar-refractivity contribution in [2.45, 2.75) is 27.7 Å². The lowest BCUT2D eigenvalue weighted by atomic mass is 9.95. The van der Waals surface area contributed by atoms with Gasteiger partial charge in [-0.05, 0) is 62.1 Å². The predicted molar refractivity (Wildman–Crippen MR) is 126 cm³/mol. The van der Waals surface area contributed by atoms with E-state index in [1.54, 1.807) is 42.5 Å². The third-order valence-electron chi connectivity index (χ3n) is 5.68. The maximum absolute atomic E-state index is 14.5. The Kier molecular flexibility index (Phi) is 6.54. The molecule has 0 bridgehead atoms. The summed E-state index contributed by atoms with van der Waals surface area (Å²) in [6.07, 6.45) is 0. The lowest BCUT2D eigenvalue weighted by molar-refractivity contribution is 0.103. The lowest BCUT2D eigenvalue weighted by Gasteiger charge is -2.22. The highest BCUT2D eigenvalue weighted by Gasteiger charge is 2.45. The molecule has 0 aromatic heterocycles. The van der Waals surface area contributed by atoms with Gasteiger partial charge in [0.2, 0.25) is 18.2 Å². The van der Waals surface area contributed by atoms with Crippen LogP contribution in [0.4, 0.5) is 0 Å². The Morgan fingerprint density at radius 2 is 1.35 bits per heavy atom. The summed E-state index contributed by atoms with van der Waals surface area (Å²) < 4.78 is 19.9. The van der Waals surface area contributed by atoms with Crippen molar-refractivity contribution in [3.63, 3.8) is 0 Å². The molecule has 0 saturated carbocycles. The van der Waals surface area contributed by atoms with Gasteiger partial charge >= 0.3 is 0 Å². The minimum atomic E-state index is -4.30. The second-order valence-electron chi connectivity index (χ2n) is 7.51. The largest absolute Gasteiger partial charge is 0.496 e. The van der Waals surface area contributed by atoms with Crippen molar-refractivity contribution in [2.75, 3.05) is 7.11 Å². The zero-order chi connectivity index (χ0) is 22.9. The first-order chi connectivity index (χ1) is 14.6. The topological polar surface area (TPSA) is 60.4 Å². The number of carbonyl (C=O) groups excluding carboxylic acids is 2. The fourth-order valence-electron chi connectivity index (χ4n) is 3.70. The second kappa shape index (κ2) is 8.82. The van der Waals surface area contributed by atoms with Gasteiger partial charge in [0.25, 0.3) is 0 Å². The summed E-state index contributed by atoms with van der Waals surface area (Å²) in [5.41, 5.74) is 1.97. The summed E-state index contributed by atoms with van der Waals surface area (Å²) in [6.45, 7) is 7.41. The Morgan fingerprint density at radius 1 is 0.806 bits per heavy atom. The maximum atomic E-state index is 14.5. The number of hydrogen-bond donors (Lipinski definition) is 0. The van der Waals surface area contributed by atoms with Gasteiger partial charge in [0.15, 0.2) is 0 Å². The van der Waals surface area contributed by atoms with E-state index in [1.165, 1.54) is 13.2 Å². The van der Waals surface area contributed by atoms with Gasteiger partial charge in [-0.3, -0.25) is 9.59 Å². The highest BCUT2D eigenvalue weighted by atomic mass is 35.5. The molecule has 0 radical (unpaired) electrons. The summed E-state index contributed by atoms with van der Waals surface area (Å²) in [4.78, 5) is 27.8. The average Bonchev–Trinajstić information content (AvgIpc) is 2.77. The fourth-order valence-corrected chi connectivity index (χ4v) is 6.46. The molecule has 0 aliphatic rings. The van der Waals surface area contributed by atoms with Gasteiger partial charge in [-0.15, -0.1) is 0 Å². The van der Waals surface area contributed by atoms with Crippen LogP contribution in [0, 0.1) is 27.7 Å². The van der Waals surface area contributed by atoms with Gasteiger partial charge in [-0.1, -0.05) is 54.1 Å². The van der Waals surface area contributed by atoms with E-state index in [-0.39, 0.29) is 21.6 Å². The number of aryl methyl sites for hydroxylation is 2. The highest BCUT2D eigenvalue weighted by Crippen LogP contribution is 2.54. The number of ether oxygens (including phenoxy) is 1. The number of rotatable bonds is 6. The molecule has 31 heavy (non-hydrogen) atoms. The SMILES string of the molecule is COc1cccc(Cl)c1C(=O)P(=O)(C(=O)c1c(C)c(C)cc(C)c1C)c1ccccc1. The molecule has 0 aliphatic carbocycles. The highest BCUT2D eigenvalue weighted by molar-refractivity contribution is 8.01. The van der Waals surface area contributed by atoms with Crippen LogP contribution in [0.2, 0.25) is 5.02 Å². The Balaban J connectivity index is 2.36. The number of methoxy groups -OCH3 is 1. The summed E-state index contributed by atoms with van der Waals surface area (Å²) in [5, 5.41) is 0.257. The zero-order valence-electron chi connectivity index (χ0n) is 18.2. The molecule has 160 valence electrons. The molecule has 0 aliphatic heterocycles. The summed E-state index contributed by atoms with van der Waals surface area (Å²) in [5.74, 6) is 0.176. The van der Waals surface area contributed by atoms with Crippen LogP contribution in [0.15, 0.2) is 54.6 Å². The molecule has 4 nitrogen and oxygen atoms in total. The van der Waals surface area contributed by atoms with Gasteiger partial charge in [0.1, 0.15) is 5.75 Å². The molecule has 6 heteroatoms. The van der Waals surface area contributed by atoms with E-state index in [9.17, 15) is 14.2 Å². The zero-order valence-corrected chi connectivity index (χ0v) is 19.8. The average molecular weight is 455 g/mol. The van der Waals surface area contributed by atoms with E-state index >= 15 is 0 Å². The van der Waals surface area contributed by atoms with E-state index in [0.717, 1.165) is 11.1 Å². The van der Waals surface area contributed by atoms with Crippen LogP contribution in [0.3, 0.4) is 0 Å². The summed E-state index contributed by atoms with van der Waals surface area (Å²) in [7, 11) is -2.90. The van der Waals surface area contributed by atoms with Crippen molar-refractivity contribution in [1.29, 1.82) is 0 Å². The van der Waals surface area contributed by atoms with Crippen molar-refractivity contribution in [1.82, 2.24) is 0 Å². The molecule has 0 N–H and O–H groups in total. The molecule has 1 unspecified atom stereocenters. The quantitative estimate of drug-likeness (QED) is 0.413. The Hall–Kier alpha value is -2.68. The van der Waals surface area contributed by atoms with Crippen molar-refractivity contribution < 1.29 is 18.9 Å². The minimum absolute atomic E-state index is 0.0492. The maximum Gasteiger partial charge on any atom is 0.248 e. The first-order valence-electron chi connectivity index (χ1n) is 9.80. The molecule has 0 fully saturated rings. The molecule has 3 aromatic carbocycles. The van der Waals surface area contributed by atoms with Crippen LogP contribution in [-0.4, -0.2) is 18.2 Å². The molecule has 0 amide bonds. The van der Waals surface area contributed by atoms with E-state index in [4.69, 9.17) is 16.3 Å². The van der Waals surface area contributed by atoms with Gasteiger partial charge in [-0.2, -0.15) is 0 Å². The van der Waals surface area contributed by atoms with Gasteiger partial charge in [-0.25, -0.2) is 0 Å². The van der Waals surface area contributed by atoms with E-state index < -0.39 is 18.2 Å². The first-order valence-corrected chi connectivity index (χ1v) is 11.9. The number of halogens is 1. The Morgan fingerprint density at radius 3 is 1.90 bits per heavy atom. The second-order valence-corrected chi connectivity index (χ2v) is 10.5. The molecule has 0 saturated heterocycles. The van der Waals surface area contributed by atoms with E-state index in [0.29, 0.717) is 16.7 Å². The van der Waals surface area contributed by atoms with Crippen LogP contribution in [0.25, 0.3) is 0 Å². The smallest absolute Gasteiger partial charge is 0.248 e. The lowest BCUT2D eigenvalue weighted by Crippen LogP contribution is -2.22. The third kappa shape index (κ3) is 3.86. The molecule has 1 atom stereocenters. The number of benzene rings is 3. The standard InChI is InChI=1S/C25H24ClO4P/c1-15-14-16(2)18(4)22(17(15)3)24(27)31(29,19-10-7-6-8-11-19)25(28)23-20(26)12-9-13-21(23)30-5/h6-14H,1-5H3. The van der Waals surface area contributed by atoms with Crippen molar-refractivity contribution in [2.24, 2.45) is 0 Å². The molecule has 0 heterocycles. The molecular formula is C25H24ClO4P. The van der Waals surface area contributed by atoms with Gasteiger partial charge in [0, 0.05) is 10.9 Å². The van der Waals surface area contributed by atoms with E-state index in [1.807, 2.05) is 33.8 Å². The molecule has 3 rings (SSSR count). The fraction of sp³-hybridized carbons (Fsp3) is 0.200. The van der Waals surface area contributed by atoms with Gasteiger partial charge < -0.3 is 9.30 Å². The minimum Gasteiger partial charge on any atom is -0.496 e. The molecular weight excluding hydrogens is 431 g/mol. The monoisotopic (exact) mass is 454 g/mol. The van der Waals surface area contributed by atoms with Crippen LogP contribution in [0.1, 0.15) is 43.0 Å². The summed E-state index contributed by atoms with van der Waals surface area (Å²) >= 11 is 6.33. The van der Waals surface area contributed by atoms with Crippen LogP contribution in [0.5, 0.6) is 5.75 Å². The third-order valence-corrected chi connectivity index (χ3v) is 8.61. The first kappa shape index (κ1) is 23.0.